The van der Waals surface area contributed by atoms with Crippen LogP contribution in [-0.4, -0.2) is 80.3 Å². The molecule has 2 aliphatic heterocycles. The van der Waals surface area contributed by atoms with Gasteiger partial charge in [-0.2, -0.15) is 4.31 Å². The third-order valence-corrected chi connectivity index (χ3v) is 7.93. The monoisotopic (exact) mass is 408 g/mol. The standard InChI is InChI=1S/C20H32N4O3S/c1-16-5-4-6-17(2)24(16)28(26,27)19-9-7-18(8-10-19)21-20(25)15-23-13-11-22(3)12-14-23/h7-10,16-17H,4-6,11-15H2,1-3H3,(H,21,25). The molecule has 2 saturated heterocycles. The Kier molecular flexibility index (Phi) is 6.75. The molecule has 3 rings (SSSR count). The third kappa shape index (κ3) is 4.92. The first-order valence-corrected chi connectivity index (χ1v) is 11.6. The van der Waals surface area contributed by atoms with E-state index >= 15 is 0 Å². The number of likely N-dealkylation sites (N-methyl/N-ethyl adjacent to an activating group) is 1. The highest BCUT2D eigenvalue weighted by molar-refractivity contribution is 7.89. The first kappa shape index (κ1) is 21.2. The van der Waals surface area contributed by atoms with Crippen molar-refractivity contribution in [2.75, 3.05) is 45.1 Å². The topological polar surface area (TPSA) is 73.0 Å². The number of benzene rings is 1. The summed E-state index contributed by atoms with van der Waals surface area (Å²) in [4.78, 5) is 16.9. The van der Waals surface area contributed by atoms with Crippen molar-refractivity contribution in [2.45, 2.75) is 50.1 Å². The Hall–Kier alpha value is -1.48. The van der Waals surface area contributed by atoms with Crippen molar-refractivity contribution in [2.24, 2.45) is 0 Å². The summed E-state index contributed by atoms with van der Waals surface area (Å²) in [7, 11) is -1.44. The van der Waals surface area contributed by atoms with E-state index in [-0.39, 0.29) is 22.9 Å². The van der Waals surface area contributed by atoms with Gasteiger partial charge < -0.3 is 10.2 Å². The number of carbonyl (C=O) groups excluding carboxylic acids is 1. The van der Waals surface area contributed by atoms with Crippen molar-refractivity contribution >= 4 is 21.6 Å². The number of hydrogen-bond acceptors (Lipinski definition) is 5. The van der Waals surface area contributed by atoms with Crippen molar-refractivity contribution < 1.29 is 13.2 Å². The van der Waals surface area contributed by atoms with Crippen LogP contribution in [0.5, 0.6) is 0 Å². The Morgan fingerprint density at radius 3 is 2.18 bits per heavy atom. The molecule has 1 N–H and O–H groups in total. The van der Waals surface area contributed by atoms with Crippen molar-refractivity contribution in [1.29, 1.82) is 0 Å². The fraction of sp³-hybridized carbons (Fsp3) is 0.650. The maximum atomic E-state index is 13.1. The average Bonchev–Trinajstić information content (AvgIpc) is 2.64. The summed E-state index contributed by atoms with van der Waals surface area (Å²) < 4.78 is 27.8. The second-order valence-corrected chi connectivity index (χ2v) is 9.96. The maximum Gasteiger partial charge on any atom is 0.243 e. The SMILES string of the molecule is CC1CCCC(C)N1S(=O)(=O)c1ccc(NC(=O)CN2CCN(C)CC2)cc1. The van der Waals surface area contributed by atoms with Gasteiger partial charge in [0.15, 0.2) is 0 Å². The fourth-order valence-corrected chi connectivity index (χ4v) is 5.99. The molecule has 2 fully saturated rings. The van der Waals surface area contributed by atoms with Crippen molar-refractivity contribution in [3.05, 3.63) is 24.3 Å². The molecular formula is C20H32N4O3S. The number of carbonyl (C=O) groups is 1. The molecule has 1 amide bonds. The number of piperazine rings is 1. The van der Waals surface area contributed by atoms with Gasteiger partial charge in [0.25, 0.3) is 0 Å². The number of amides is 1. The normalized spacial score (nSPS) is 25.5. The number of nitrogens with zero attached hydrogens (tertiary/aromatic N) is 3. The zero-order valence-electron chi connectivity index (χ0n) is 17.1. The molecule has 1 aromatic rings. The van der Waals surface area contributed by atoms with Gasteiger partial charge in [0.1, 0.15) is 0 Å². The van der Waals surface area contributed by atoms with Crippen molar-refractivity contribution in [3.8, 4) is 0 Å². The van der Waals surface area contributed by atoms with E-state index in [0.29, 0.717) is 12.2 Å². The van der Waals surface area contributed by atoms with Crippen LogP contribution in [0.4, 0.5) is 5.69 Å². The largest absolute Gasteiger partial charge is 0.325 e. The molecule has 0 bridgehead atoms. The van der Waals surface area contributed by atoms with E-state index in [9.17, 15) is 13.2 Å². The lowest BCUT2D eigenvalue weighted by Crippen LogP contribution is -2.47. The number of sulfonamides is 1. The minimum absolute atomic E-state index is 0.0108. The lowest BCUT2D eigenvalue weighted by atomic mass is 10.0. The molecular weight excluding hydrogens is 376 g/mol. The predicted octanol–water partition coefficient (Wildman–Crippen LogP) is 1.82. The molecule has 0 saturated carbocycles. The molecule has 2 unspecified atom stereocenters. The predicted molar refractivity (Wildman–Crippen MR) is 111 cm³/mol. The van der Waals surface area contributed by atoms with Crippen LogP contribution in [-0.2, 0) is 14.8 Å². The van der Waals surface area contributed by atoms with Gasteiger partial charge in [-0.15, -0.1) is 0 Å². The van der Waals surface area contributed by atoms with Crippen LogP contribution >= 0.6 is 0 Å². The van der Waals surface area contributed by atoms with Gasteiger partial charge >= 0.3 is 0 Å². The number of nitrogens with one attached hydrogen (secondary N) is 1. The van der Waals surface area contributed by atoms with Crippen molar-refractivity contribution in [1.82, 2.24) is 14.1 Å². The molecule has 1 aromatic carbocycles. The number of piperidine rings is 1. The van der Waals surface area contributed by atoms with Gasteiger partial charge in [0.2, 0.25) is 15.9 Å². The van der Waals surface area contributed by atoms with Crippen LogP contribution in [0, 0.1) is 0 Å². The summed E-state index contributed by atoms with van der Waals surface area (Å²) in [6, 6.07) is 6.56. The Balaban J connectivity index is 1.62. The van der Waals surface area contributed by atoms with E-state index in [0.717, 1.165) is 45.4 Å². The molecule has 0 radical (unpaired) electrons. The van der Waals surface area contributed by atoms with Crippen LogP contribution < -0.4 is 5.32 Å². The Bertz CT molecular complexity index is 763. The maximum absolute atomic E-state index is 13.1. The summed E-state index contributed by atoms with van der Waals surface area (Å²) in [5, 5.41) is 2.87. The first-order chi connectivity index (χ1) is 13.3. The van der Waals surface area contributed by atoms with E-state index in [1.54, 1.807) is 28.6 Å². The molecule has 0 aliphatic carbocycles. The first-order valence-electron chi connectivity index (χ1n) is 10.1. The quantitative estimate of drug-likeness (QED) is 0.805. The highest BCUT2D eigenvalue weighted by Crippen LogP contribution is 2.29. The van der Waals surface area contributed by atoms with Crippen molar-refractivity contribution in [3.63, 3.8) is 0 Å². The van der Waals surface area contributed by atoms with E-state index in [1.165, 1.54) is 0 Å². The minimum Gasteiger partial charge on any atom is -0.325 e. The molecule has 28 heavy (non-hydrogen) atoms. The zero-order chi connectivity index (χ0) is 20.3. The fourth-order valence-electron chi connectivity index (χ4n) is 4.11. The number of hydrogen-bond donors (Lipinski definition) is 1. The highest BCUT2D eigenvalue weighted by Gasteiger charge is 2.35. The van der Waals surface area contributed by atoms with E-state index in [1.807, 2.05) is 13.8 Å². The number of rotatable bonds is 5. The van der Waals surface area contributed by atoms with Gasteiger partial charge in [-0.25, -0.2) is 8.42 Å². The molecule has 0 spiro atoms. The Morgan fingerprint density at radius 1 is 1.04 bits per heavy atom. The number of anilines is 1. The van der Waals surface area contributed by atoms with Crippen LogP contribution in [0.1, 0.15) is 33.1 Å². The summed E-state index contributed by atoms with van der Waals surface area (Å²) >= 11 is 0. The lowest BCUT2D eigenvalue weighted by Gasteiger charge is -2.37. The highest BCUT2D eigenvalue weighted by atomic mass is 32.2. The van der Waals surface area contributed by atoms with E-state index < -0.39 is 10.0 Å². The van der Waals surface area contributed by atoms with Gasteiger partial charge in [-0.1, -0.05) is 6.42 Å². The van der Waals surface area contributed by atoms with E-state index in [4.69, 9.17) is 0 Å². The minimum atomic E-state index is -3.53. The molecule has 0 aromatic heterocycles. The van der Waals surface area contributed by atoms with Gasteiger partial charge in [0.05, 0.1) is 11.4 Å². The van der Waals surface area contributed by atoms with Crippen LogP contribution in [0.2, 0.25) is 0 Å². The van der Waals surface area contributed by atoms with Gasteiger partial charge in [-0.05, 0) is 58.0 Å². The Morgan fingerprint density at radius 2 is 1.61 bits per heavy atom. The molecule has 2 heterocycles. The van der Waals surface area contributed by atoms with Gasteiger partial charge in [-0.3, -0.25) is 9.69 Å². The smallest absolute Gasteiger partial charge is 0.243 e. The van der Waals surface area contributed by atoms with Crippen LogP contribution in [0.3, 0.4) is 0 Å². The lowest BCUT2D eigenvalue weighted by molar-refractivity contribution is -0.117. The summed E-state index contributed by atoms with van der Waals surface area (Å²) in [5.74, 6) is -0.0709. The summed E-state index contributed by atoms with van der Waals surface area (Å²) in [6.07, 6.45) is 2.85. The molecule has 8 heteroatoms. The van der Waals surface area contributed by atoms with Crippen LogP contribution in [0.15, 0.2) is 29.2 Å². The third-order valence-electron chi connectivity index (χ3n) is 5.79. The molecule has 2 aliphatic rings. The van der Waals surface area contributed by atoms with Crippen LogP contribution in [0.25, 0.3) is 0 Å². The molecule has 156 valence electrons. The van der Waals surface area contributed by atoms with Gasteiger partial charge in [0, 0.05) is 44.0 Å². The van der Waals surface area contributed by atoms with E-state index in [2.05, 4.69) is 22.2 Å². The zero-order valence-corrected chi connectivity index (χ0v) is 17.9. The summed E-state index contributed by atoms with van der Waals surface area (Å²) in [6.45, 7) is 8.00. The summed E-state index contributed by atoms with van der Waals surface area (Å²) in [5.41, 5.74) is 0.623. The molecule has 7 nitrogen and oxygen atoms in total. The second-order valence-electron chi connectivity index (χ2n) is 8.12. The second kappa shape index (κ2) is 8.90. The average molecular weight is 409 g/mol. The Labute approximate surface area is 168 Å². The molecule has 2 atom stereocenters.